The van der Waals surface area contributed by atoms with Crippen LogP contribution in [0.25, 0.3) is 0 Å². The van der Waals surface area contributed by atoms with Crippen molar-refractivity contribution in [1.82, 2.24) is 9.55 Å². The van der Waals surface area contributed by atoms with Crippen molar-refractivity contribution >= 4 is 23.4 Å². The Morgan fingerprint density at radius 1 is 1.19 bits per heavy atom. The molecule has 0 atom stereocenters. The molecule has 3 N–H and O–H groups in total. The molecular weight excluding hydrogens is 420 g/mol. The number of nitrogens with two attached hydrogens (primary N) is 1. The minimum atomic E-state index is -0.842. The standard InChI is InChI=1S/C21H28N4O7/c1-5-7-9-24(17-18(22)25(8-6-2)21(30)23-19(17)28)14(26)11-31-20(29)16-12(3)10-15(27)32-13(16)4/h10H,5-9,11,22H2,1-4H3,(H,23,28,30). The second-order valence-electron chi connectivity index (χ2n) is 7.30. The first-order valence-corrected chi connectivity index (χ1v) is 10.3. The summed E-state index contributed by atoms with van der Waals surface area (Å²) in [6, 6.07) is 1.15. The molecule has 0 radical (unpaired) electrons. The molecule has 0 bridgehead atoms. The summed E-state index contributed by atoms with van der Waals surface area (Å²) in [5, 5.41) is 0. The fourth-order valence-electron chi connectivity index (χ4n) is 3.30. The molecule has 32 heavy (non-hydrogen) atoms. The van der Waals surface area contributed by atoms with E-state index in [2.05, 4.69) is 4.98 Å². The summed E-state index contributed by atoms with van der Waals surface area (Å²) in [4.78, 5) is 64.8. The number of H-pyrrole nitrogens is 1. The van der Waals surface area contributed by atoms with Gasteiger partial charge in [0.2, 0.25) is 0 Å². The Hall–Kier alpha value is -3.63. The van der Waals surface area contributed by atoms with Crippen molar-refractivity contribution in [2.45, 2.75) is 53.5 Å². The van der Waals surface area contributed by atoms with Gasteiger partial charge in [0.15, 0.2) is 12.3 Å². The lowest BCUT2D eigenvalue weighted by Crippen LogP contribution is -2.43. The highest BCUT2D eigenvalue weighted by atomic mass is 16.5. The highest BCUT2D eigenvalue weighted by molar-refractivity contribution is 5.99. The number of esters is 1. The number of aromatic amines is 1. The molecule has 0 unspecified atom stereocenters. The lowest BCUT2D eigenvalue weighted by molar-refractivity contribution is -0.121. The van der Waals surface area contributed by atoms with Gasteiger partial charge in [-0.2, -0.15) is 0 Å². The maximum absolute atomic E-state index is 12.9. The molecule has 0 aliphatic heterocycles. The van der Waals surface area contributed by atoms with Gasteiger partial charge in [-0.3, -0.25) is 19.1 Å². The van der Waals surface area contributed by atoms with Gasteiger partial charge >= 0.3 is 17.3 Å². The van der Waals surface area contributed by atoms with Crippen molar-refractivity contribution in [2.24, 2.45) is 0 Å². The van der Waals surface area contributed by atoms with E-state index >= 15 is 0 Å². The summed E-state index contributed by atoms with van der Waals surface area (Å²) in [5.74, 6) is -1.58. The molecule has 11 heteroatoms. The third kappa shape index (κ3) is 5.34. The van der Waals surface area contributed by atoms with Gasteiger partial charge in [-0.25, -0.2) is 14.4 Å². The molecule has 0 saturated carbocycles. The molecule has 2 aromatic rings. The van der Waals surface area contributed by atoms with Crippen LogP contribution in [0.5, 0.6) is 0 Å². The summed E-state index contributed by atoms with van der Waals surface area (Å²) < 4.78 is 11.2. The normalized spacial score (nSPS) is 10.8. The number of carbonyl (C=O) groups is 2. The molecule has 0 aliphatic rings. The molecule has 0 saturated heterocycles. The molecule has 0 fully saturated rings. The van der Waals surface area contributed by atoms with Crippen LogP contribution >= 0.6 is 0 Å². The van der Waals surface area contributed by atoms with Crippen molar-refractivity contribution in [1.29, 1.82) is 0 Å². The highest BCUT2D eigenvalue weighted by Crippen LogP contribution is 2.19. The topological polar surface area (TPSA) is 158 Å². The Balaban J connectivity index is 2.35. The predicted octanol–water partition coefficient (Wildman–Crippen LogP) is 1.09. The molecule has 0 spiro atoms. The van der Waals surface area contributed by atoms with Crippen LogP contribution in [0.1, 0.15) is 54.8 Å². The number of nitrogen functional groups attached to an aromatic ring is 1. The highest BCUT2D eigenvalue weighted by Gasteiger charge is 2.26. The van der Waals surface area contributed by atoms with Crippen molar-refractivity contribution in [2.75, 3.05) is 23.8 Å². The number of hydrogen-bond donors (Lipinski definition) is 2. The number of nitrogens with zero attached hydrogens (tertiary/aromatic N) is 2. The average Bonchev–Trinajstić information content (AvgIpc) is 2.70. The van der Waals surface area contributed by atoms with Crippen LogP contribution in [0.3, 0.4) is 0 Å². The van der Waals surface area contributed by atoms with Gasteiger partial charge in [-0.1, -0.05) is 20.3 Å². The summed E-state index contributed by atoms with van der Waals surface area (Å²) in [6.45, 7) is 6.46. The number of ether oxygens (including phenoxy) is 1. The second kappa shape index (κ2) is 10.6. The molecule has 1 amide bonds. The smallest absolute Gasteiger partial charge is 0.342 e. The van der Waals surface area contributed by atoms with E-state index in [0.29, 0.717) is 18.4 Å². The van der Waals surface area contributed by atoms with Crippen molar-refractivity contribution in [3.63, 3.8) is 0 Å². The lowest BCUT2D eigenvalue weighted by Gasteiger charge is -2.24. The van der Waals surface area contributed by atoms with Crippen LogP contribution in [0.2, 0.25) is 0 Å². The zero-order valence-corrected chi connectivity index (χ0v) is 18.6. The lowest BCUT2D eigenvalue weighted by atomic mass is 10.1. The summed E-state index contributed by atoms with van der Waals surface area (Å²) in [6.07, 6.45) is 1.85. The van der Waals surface area contributed by atoms with Crippen molar-refractivity contribution < 1.29 is 18.7 Å². The average molecular weight is 448 g/mol. The van der Waals surface area contributed by atoms with Crippen LogP contribution in [-0.2, 0) is 16.1 Å². The molecule has 11 nitrogen and oxygen atoms in total. The van der Waals surface area contributed by atoms with E-state index in [9.17, 15) is 24.0 Å². The number of carbonyl (C=O) groups excluding carboxylic acids is 2. The number of hydrogen-bond acceptors (Lipinski definition) is 8. The number of anilines is 2. The van der Waals surface area contributed by atoms with Gasteiger partial charge < -0.3 is 19.8 Å². The Kier molecular flexibility index (Phi) is 8.16. The van der Waals surface area contributed by atoms with E-state index in [1.807, 2.05) is 13.8 Å². The Morgan fingerprint density at radius 3 is 2.47 bits per heavy atom. The van der Waals surface area contributed by atoms with E-state index in [1.54, 1.807) is 6.92 Å². The van der Waals surface area contributed by atoms with Gasteiger partial charge in [0.05, 0.1) is 0 Å². The first-order chi connectivity index (χ1) is 15.1. The van der Waals surface area contributed by atoms with Gasteiger partial charge in [0.25, 0.3) is 11.5 Å². The van der Waals surface area contributed by atoms with Gasteiger partial charge in [-0.15, -0.1) is 0 Å². The maximum atomic E-state index is 12.9. The van der Waals surface area contributed by atoms with Crippen molar-refractivity contribution in [3.8, 4) is 0 Å². The quantitative estimate of drug-likeness (QED) is 0.540. The second-order valence-corrected chi connectivity index (χ2v) is 7.30. The number of amides is 1. The third-order valence-corrected chi connectivity index (χ3v) is 4.83. The zero-order valence-electron chi connectivity index (χ0n) is 18.6. The van der Waals surface area contributed by atoms with E-state index in [1.165, 1.54) is 11.5 Å². The van der Waals surface area contributed by atoms with Gasteiger partial charge in [-0.05, 0) is 32.3 Å². The molecule has 0 aromatic carbocycles. The first kappa shape index (κ1) is 24.6. The molecular formula is C21H28N4O7. The molecule has 2 heterocycles. The zero-order chi connectivity index (χ0) is 24.0. The molecule has 2 aromatic heterocycles. The Labute approximate surface area is 183 Å². The Morgan fingerprint density at radius 2 is 1.88 bits per heavy atom. The Bertz CT molecular complexity index is 1150. The van der Waals surface area contributed by atoms with Crippen LogP contribution in [0, 0.1) is 13.8 Å². The van der Waals surface area contributed by atoms with E-state index in [-0.39, 0.29) is 35.9 Å². The predicted molar refractivity (Wildman–Crippen MR) is 118 cm³/mol. The number of nitrogens with one attached hydrogen (secondary N) is 1. The number of rotatable bonds is 9. The maximum Gasteiger partial charge on any atom is 0.342 e. The van der Waals surface area contributed by atoms with E-state index in [4.69, 9.17) is 14.9 Å². The minimum Gasteiger partial charge on any atom is -0.452 e. The van der Waals surface area contributed by atoms with E-state index in [0.717, 1.165) is 17.4 Å². The fraction of sp³-hybridized carbons (Fsp3) is 0.476. The molecule has 2 rings (SSSR count). The van der Waals surface area contributed by atoms with Crippen LogP contribution in [0.15, 0.2) is 24.9 Å². The minimum absolute atomic E-state index is 0.0476. The third-order valence-electron chi connectivity index (χ3n) is 4.83. The summed E-state index contributed by atoms with van der Waals surface area (Å²) >= 11 is 0. The molecule has 0 aliphatic carbocycles. The monoisotopic (exact) mass is 448 g/mol. The largest absolute Gasteiger partial charge is 0.452 e. The number of aromatic nitrogens is 2. The SMILES string of the molecule is CCCCN(C(=O)COC(=O)c1c(C)cc(=O)oc1C)c1c(N)n(CCC)c(=O)[nH]c1=O. The summed E-state index contributed by atoms with van der Waals surface area (Å²) in [7, 11) is 0. The fourth-order valence-corrected chi connectivity index (χ4v) is 3.30. The van der Waals surface area contributed by atoms with Gasteiger partial charge in [0.1, 0.15) is 17.1 Å². The first-order valence-electron chi connectivity index (χ1n) is 10.3. The number of unbranched alkanes of at least 4 members (excludes halogenated alkanes) is 1. The van der Waals surface area contributed by atoms with Crippen LogP contribution in [-0.4, -0.2) is 34.6 Å². The number of aryl methyl sites for hydroxylation is 2. The molecule has 174 valence electrons. The van der Waals surface area contributed by atoms with Crippen LogP contribution in [0.4, 0.5) is 11.5 Å². The van der Waals surface area contributed by atoms with Crippen molar-refractivity contribution in [3.05, 3.63) is 54.2 Å². The van der Waals surface area contributed by atoms with Crippen LogP contribution < -0.4 is 27.5 Å². The van der Waals surface area contributed by atoms with E-state index < -0.39 is 35.4 Å². The summed E-state index contributed by atoms with van der Waals surface area (Å²) in [5.41, 5.74) is 4.26. The van der Waals surface area contributed by atoms with Gasteiger partial charge in [0, 0.05) is 19.2 Å².